The lowest BCUT2D eigenvalue weighted by Crippen LogP contribution is -2.15. The van der Waals surface area contributed by atoms with Crippen molar-refractivity contribution in [2.45, 2.75) is 12.3 Å². The smallest absolute Gasteiger partial charge is 0.311 e. The Morgan fingerprint density at radius 1 is 1.23 bits per heavy atom. The van der Waals surface area contributed by atoms with E-state index >= 15 is 0 Å². The molecule has 116 valence electrons. The zero-order valence-corrected chi connectivity index (χ0v) is 13.2. The summed E-state index contributed by atoms with van der Waals surface area (Å²) in [6, 6.07) is 9.45. The molecule has 2 aromatic rings. The van der Waals surface area contributed by atoms with Crippen molar-refractivity contribution in [2.24, 2.45) is 0 Å². The largest absolute Gasteiger partial charge is 0.504 e. The summed E-state index contributed by atoms with van der Waals surface area (Å²) in [6.07, 6.45) is 0.200. The Labute approximate surface area is 137 Å². The zero-order chi connectivity index (χ0) is 16.3. The van der Waals surface area contributed by atoms with Gasteiger partial charge in [0.05, 0.1) is 13.0 Å². The third-order valence-electron chi connectivity index (χ3n) is 3.32. The van der Waals surface area contributed by atoms with E-state index in [1.54, 1.807) is 30.3 Å². The molecule has 2 rings (SSSR count). The van der Waals surface area contributed by atoms with Crippen LogP contribution in [0.4, 0.5) is 0 Å². The number of aromatic hydroxyl groups is 1. The highest BCUT2D eigenvalue weighted by molar-refractivity contribution is 6.33. The number of carbonyl (C=O) groups is 1. The minimum atomic E-state index is -1.00. The van der Waals surface area contributed by atoms with Gasteiger partial charge in [0.15, 0.2) is 11.5 Å². The number of carboxylic acid groups (broad SMARTS) is 1. The van der Waals surface area contributed by atoms with Gasteiger partial charge in [0.1, 0.15) is 0 Å². The highest BCUT2D eigenvalue weighted by atomic mass is 35.5. The molecule has 0 amide bonds. The van der Waals surface area contributed by atoms with E-state index in [2.05, 4.69) is 0 Å². The quantitative estimate of drug-likeness (QED) is 0.859. The molecule has 1 atom stereocenters. The third kappa shape index (κ3) is 3.64. The minimum absolute atomic E-state index is 0.00101. The molecular formula is C16H14Cl2O4. The van der Waals surface area contributed by atoms with Gasteiger partial charge in [-0.25, -0.2) is 0 Å². The summed E-state index contributed by atoms with van der Waals surface area (Å²) in [5, 5.41) is 19.9. The molecule has 0 aliphatic heterocycles. The molecule has 0 spiro atoms. The van der Waals surface area contributed by atoms with Gasteiger partial charge in [-0.05, 0) is 47.9 Å². The predicted octanol–water partition coefficient (Wildman–Crippen LogP) is 4.12. The normalized spacial score (nSPS) is 12.0. The number of hydrogen-bond donors (Lipinski definition) is 2. The molecule has 4 nitrogen and oxygen atoms in total. The van der Waals surface area contributed by atoms with Crippen LogP contribution in [-0.4, -0.2) is 23.3 Å². The number of ether oxygens (including phenoxy) is 1. The summed E-state index contributed by atoms with van der Waals surface area (Å²) < 4.78 is 5.03. The first-order valence-corrected chi connectivity index (χ1v) is 7.21. The SMILES string of the molecule is COc1cc(CC(C(=O)O)c2cc(Cl)ccc2Cl)ccc1O. The number of benzene rings is 2. The molecule has 2 aromatic carbocycles. The maximum absolute atomic E-state index is 11.6. The molecule has 0 aliphatic carbocycles. The van der Waals surface area contributed by atoms with Crippen LogP contribution in [0.1, 0.15) is 17.0 Å². The van der Waals surface area contributed by atoms with Crippen molar-refractivity contribution in [3.05, 3.63) is 57.6 Å². The van der Waals surface area contributed by atoms with Gasteiger partial charge in [0.25, 0.3) is 0 Å². The Hall–Kier alpha value is -1.91. The molecule has 2 N–H and O–H groups in total. The lowest BCUT2D eigenvalue weighted by Gasteiger charge is -2.15. The Balaban J connectivity index is 2.37. The number of rotatable bonds is 5. The topological polar surface area (TPSA) is 66.8 Å². The van der Waals surface area contributed by atoms with Crippen LogP contribution in [0, 0.1) is 0 Å². The van der Waals surface area contributed by atoms with Gasteiger partial charge in [-0.3, -0.25) is 4.79 Å². The molecular weight excluding hydrogens is 327 g/mol. The number of aliphatic carboxylic acids is 1. The fraction of sp³-hybridized carbons (Fsp3) is 0.188. The zero-order valence-electron chi connectivity index (χ0n) is 11.7. The second-order valence-corrected chi connectivity index (χ2v) is 5.61. The van der Waals surface area contributed by atoms with Crippen LogP contribution in [0.15, 0.2) is 36.4 Å². The summed E-state index contributed by atoms with van der Waals surface area (Å²) in [5.41, 5.74) is 1.16. The van der Waals surface area contributed by atoms with Crippen molar-refractivity contribution < 1.29 is 19.7 Å². The van der Waals surface area contributed by atoms with Gasteiger partial charge in [0.2, 0.25) is 0 Å². The van der Waals surface area contributed by atoms with Crippen LogP contribution in [0.3, 0.4) is 0 Å². The lowest BCUT2D eigenvalue weighted by molar-refractivity contribution is -0.138. The molecule has 0 saturated carbocycles. The molecule has 0 aromatic heterocycles. The maximum Gasteiger partial charge on any atom is 0.311 e. The minimum Gasteiger partial charge on any atom is -0.504 e. The second kappa shape index (κ2) is 6.90. The highest BCUT2D eigenvalue weighted by Crippen LogP contribution is 2.33. The number of halogens is 2. The van der Waals surface area contributed by atoms with Crippen LogP contribution < -0.4 is 4.74 Å². The molecule has 0 saturated heterocycles. The average molecular weight is 341 g/mol. The van der Waals surface area contributed by atoms with Crippen molar-refractivity contribution in [3.8, 4) is 11.5 Å². The highest BCUT2D eigenvalue weighted by Gasteiger charge is 2.23. The van der Waals surface area contributed by atoms with Crippen molar-refractivity contribution in [1.29, 1.82) is 0 Å². The molecule has 0 radical (unpaired) electrons. The van der Waals surface area contributed by atoms with Crippen molar-refractivity contribution in [2.75, 3.05) is 7.11 Å². The van der Waals surface area contributed by atoms with Crippen molar-refractivity contribution in [1.82, 2.24) is 0 Å². The Kier molecular flexibility index (Phi) is 5.16. The molecule has 0 bridgehead atoms. The number of methoxy groups -OCH3 is 1. The van der Waals surface area contributed by atoms with Gasteiger partial charge >= 0.3 is 5.97 Å². The first-order valence-electron chi connectivity index (χ1n) is 6.46. The Bertz CT molecular complexity index is 701. The fourth-order valence-corrected chi connectivity index (χ4v) is 2.63. The van der Waals surface area contributed by atoms with Crippen molar-refractivity contribution in [3.63, 3.8) is 0 Å². The summed E-state index contributed by atoms with van der Waals surface area (Å²) in [4.78, 5) is 11.6. The van der Waals surface area contributed by atoms with E-state index in [-0.39, 0.29) is 12.2 Å². The van der Waals surface area contributed by atoms with E-state index in [0.717, 1.165) is 0 Å². The van der Waals surface area contributed by atoms with E-state index in [1.165, 1.54) is 13.2 Å². The fourth-order valence-electron chi connectivity index (χ4n) is 2.20. The number of phenolic OH excluding ortho intramolecular Hbond substituents is 1. The summed E-state index contributed by atoms with van der Waals surface area (Å²) in [7, 11) is 1.43. The standard InChI is InChI=1S/C16H14Cl2O4/c1-22-15-7-9(2-5-14(15)19)6-12(16(20)21)11-8-10(17)3-4-13(11)18/h2-5,7-8,12,19H,6H2,1H3,(H,20,21). The van der Waals surface area contributed by atoms with Crippen molar-refractivity contribution >= 4 is 29.2 Å². The van der Waals surface area contributed by atoms with Gasteiger partial charge < -0.3 is 14.9 Å². The van der Waals surface area contributed by atoms with Crippen LogP contribution in [-0.2, 0) is 11.2 Å². The van der Waals surface area contributed by atoms with Gasteiger partial charge in [-0.1, -0.05) is 29.3 Å². The number of hydrogen-bond acceptors (Lipinski definition) is 3. The summed E-state index contributed by atoms with van der Waals surface area (Å²) in [5.74, 6) is -1.56. The summed E-state index contributed by atoms with van der Waals surface area (Å²) in [6.45, 7) is 0. The second-order valence-electron chi connectivity index (χ2n) is 4.77. The first-order chi connectivity index (χ1) is 10.4. The predicted molar refractivity (Wildman–Crippen MR) is 85.2 cm³/mol. The lowest BCUT2D eigenvalue weighted by atomic mass is 9.92. The van der Waals surface area contributed by atoms with E-state index < -0.39 is 11.9 Å². The average Bonchev–Trinajstić information content (AvgIpc) is 2.48. The van der Waals surface area contributed by atoms with Crippen LogP contribution in [0.5, 0.6) is 11.5 Å². The first kappa shape index (κ1) is 16.5. The van der Waals surface area contributed by atoms with Crippen LogP contribution in [0.25, 0.3) is 0 Å². The summed E-state index contributed by atoms with van der Waals surface area (Å²) >= 11 is 12.0. The number of carboxylic acids is 1. The van der Waals surface area contributed by atoms with E-state index in [1.807, 2.05) is 0 Å². The maximum atomic E-state index is 11.6. The Morgan fingerprint density at radius 2 is 1.95 bits per heavy atom. The van der Waals surface area contributed by atoms with Crippen LogP contribution >= 0.6 is 23.2 Å². The van der Waals surface area contributed by atoms with E-state index in [0.29, 0.717) is 26.9 Å². The molecule has 0 aliphatic rings. The van der Waals surface area contributed by atoms with E-state index in [9.17, 15) is 15.0 Å². The molecule has 0 fully saturated rings. The molecule has 22 heavy (non-hydrogen) atoms. The van der Waals surface area contributed by atoms with Gasteiger partial charge in [0, 0.05) is 10.0 Å². The van der Waals surface area contributed by atoms with Gasteiger partial charge in [-0.15, -0.1) is 0 Å². The van der Waals surface area contributed by atoms with Gasteiger partial charge in [-0.2, -0.15) is 0 Å². The molecule has 6 heteroatoms. The molecule has 0 heterocycles. The number of phenols is 1. The monoisotopic (exact) mass is 340 g/mol. The third-order valence-corrected chi connectivity index (χ3v) is 3.89. The Morgan fingerprint density at radius 3 is 2.59 bits per heavy atom. The van der Waals surface area contributed by atoms with Crippen LogP contribution in [0.2, 0.25) is 10.0 Å². The van der Waals surface area contributed by atoms with E-state index in [4.69, 9.17) is 27.9 Å². The molecule has 1 unspecified atom stereocenters.